The molecule has 0 unspecified atom stereocenters. The summed E-state index contributed by atoms with van der Waals surface area (Å²) in [4.78, 5) is 10.4. The second-order valence-electron chi connectivity index (χ2n) is 9.94. The van der Waals surface area contributed by atoms with Gasteiger partial charge in [0.1, 0.15) is 17.2 Å². The fraction of sp³-hybridized carbons (Fsp3) is 0.267. The molecule has 1 fully saturated rings. The van der Waals surface area contributed by atoms with Crippen LogP contribution >= 0.6 is 11.8 Å². The van der Waals surface area contributed by atoms with Crippen molar-refractivity contribution in [1.29, 1.82) is 0 Å². The summed E-state index contributed by atoms with van der Waals surface area (Å²) < 4.78 is 23.3. The summed E-state index contributed by atoms with van der Waals surface area (Å²) in [5.74, 6) is 0.585. The van der Waals surface area contributed by atoms with E-state index < -0.39 is 0 Å². The Kier molecular flexibility index (Phi) is 6.74. The third-order valence-corrected chi connectivity index (χ3v) is 7.82. The number of methoxy groups -OCH3 is 1. The summed E-state index contributed by atoms with van der Waals surface area (Å²) in [6.45, 7) is 7.88. The van der Waals surface area contributed by atoms with E-state index >= 15 is 0 Å². The molecule has 0 amide bonds. The summed E-state index contributed by atoms with van der Waals surface area (Å²) >= 11 is 6.15. The van der Waals surface area contributed by atoms with Crippen LogP contribution in [0.5, 0.6) is 5.75 Å². The lowest BCUT2D eigenvalue weighted by molar-refractivity contribution is 0.397. The summed E-state index contributed by atoms with van der Waals surface area (Å²) in [6, 6.07) is 15.1. The summed E-state index contributed by atoms with van der Waals surface area (Å²) in [6.07, 6.45) is 3.88. The van der Waals surface area contributed by atoms with Gasteiger partial charge in [0.25, 0.3) is 0 Å². The van der Waals surface area contributed by atoms with Gasteiger partial charge in [0.2, 0.25) is 0 Å². The van der Waals surface area contributed by atoms with Gasteiger partial charge in [0.05, 0.1) is 25.0 Å². The number of pyridine rings is 1. The maximum absolute atomic E-state index is 13.8. The molecule has 6 rings (SSSR count). The van der Waals surface area contributed by atoms with E-state index in [0.29, 0.717) is 6.54 Å². The molecule has 7 nitrogen and oxygen atoms in total. The van der Waals surface area contributed by atoms with E-state index in [9.17, 15) is 4.39 Å². The lowest BCUT2D eigenvalue weighted by Gasteiger charge is -2.33. The molecule has 3 aromatic heterocycles. The number of H-pyrrole nitrogens is 1. The highest BCUT2D eigenvalue weighted by Crippen LogP contribution is 2.37. The first-order valence-electron chi connectivity index (χ1n) is 13.0. The molecule has 4 heterocycles. The Morgan fingerprint density at radius 2 is 1.85 bits per heavy atom. The van der Waals surface area contributed by atoms with Crippen LogP contribution < -0.4 is 9.64 Å². The minimum absolute atomic E-state index is 0.244. The van der Waals surface area contributed by atoms with Crippen LogP contribution in [0.15, 0.2) is 60.9 Å². The normalized spacial score (nSPS) is 14.3. The molecule has 2 aromatic carbocycles. The highest BCUT2D eigenvalue weighted by atomic mass is 35.5. The molecule has 0 bridgehead atoms. The second-order valence-corrected chi connectivity index (χ2v) is 10.4. The number of aromatic amines is 1. The van der Waals surface area contributed by atoms with Gasteiger partial charge in [-0.15, -0.1) is 0 Å². The smallest absolute Gasteiger partial charge is 0.142 e. The number of fused-ring (bicyclic) bond motifs is 1. The summed E-state index contributed by atoms with van der Waals surface area (Å²) in [5.41, 5.74) is 8.82. The summed E-state index contributed by atoms with van der Waals surface area (Å²) in [5, 5.41) is 5.81. The fourth-order valence-corrected chi connectivity index (χ4v) is 5.61. The number of nitrogens with zero attached hydrogens (tertiary/aromatic N) is 5. The molecule has 200 valence electrons. The molecule has 0 radical (unpaired) electrons. The predicted molar refractivity (Wildman–Crippen MR) is 154 cm³/mol. The standard InChI is InChI=1S/C30H30ClFN6O/c1-19-29(20(2)38(35-19)18-21-5-4-6-24(32)13-21)26-17-34-30-25(26)14-23(16-33-30)22-7-8-27(28(15-22)39-3)36-9-11-37(31)12-10-36/h4-8,13-17H,9-12,18H2,1-3H3,(H,33,34). The zero-order valence-electron chi connectivity index (χ0n) is 22.2. The maximum Gasteiger partial charge on any atom is 0.142 e. The van der Waals surface area contributed by atoms with Crippen molar-refractivity contribution in [2.45, 2.75) is 20.4 Å². The van der Waals surface area contributed by atoms with E-state index in [1.165, 1.54) is 6.07 Å². The first-order valence-corrected chi connectivity index (χ1v) is 13.3. The molecular formula is C30H30ClFN6O. The number of aryl methyl sites for hydroxylation is 1. The van der Waals surface area contributed by atoms with Gasteiger partial charge in [-0.05, 0) is 67.1 Å². The maximum atomic E-state index is 13.8. The Morgan fingerprint density at radius 1 is 1.03 bits per heavy atom. The Labute approximate surface area is 231 Å². The van der Waals surface area contributed by atoms with E-state index in [4.69, 9.17) is 26.6 Å². The van der Waals surface area contributed by atoms with Crippen molar-refractivity contribution in [3.63, 3.8) is 0 Å². The number of hydrogen-bond acceptors (Lipinski definition) is 5. The largest absolute Gasteiger partial charge is 0.495 e. The molecule has 1 saturated heterocycles. The molecule has 39 heavy (non-hydrogen) atoms. The van der Waals surface area contributed by atoms with Crippen LogP contribution in [0, 0.1) is 19.7 Å². The van der Waals surface area contributed by atoms with Crippen LogP contribution in [0.4, 0.5) is 10.1 Å². The van der Waals surface area contributed by atoms with Crippen molar-refractivity contribution in [1.82, 2.24) is 24.2 Å². The molecule has 1 aliphatic rings. The molecule has 0 saturated carbocycles. The average Bonchev–Trinajstić information content (AvgIpc) is 3.47. The topological polar surface area (TPSA) is 62.2 Å². The number of halogens is 2. The van der Waals surface area contributed by atoms with Crippen molar-refractivity contribution >= 4 is 28.5 Å². The lowest BCUT2D eigenvalue weighted by atomic mass is 10.0. The van der Waals surface area contributed by atoms with Gasteiger partial charge in [-0.25, -0.2) is 13.8 Å². The molecule has 0 spiro atoms. The van der Waals surface area contributed by atoms with Gasteiger partial charge >= 0.3 is 0 Å². The van der Waals surface area contributed by atoms with Gasteiger partial charge in [-0.1, -0.05) is 18.2 Å². The first-order chi connectivity index (χ1) is 18.9. The number of benzene rings is 2. The van der Waals surface area contributed by atoms with E-state index in [1.807, 2.05) is 34.5 Å². The van der Waals surface area contributed by atoms with Crippen LogP contribution in [0.1, 0.15) is 17.0 Å². The van der Waals surface area contributed by atoms with Crippen LogP contribution in [-0.2, 0) is 6.54 Å². The monoisotopic (exact) mass is 544 g/mol. The zero-order valence-corrected chi connectivity index (χ0v) is 23.0. The highest BCUT2D eigenvalue weighted by Gasteiger charge is 2.21. The molecule has 0 aliphatic carbocycles. The number of ether oxygens (including phenoxy) is 1. The van der Waals surface area contributed by atoms with Crippen molar-refractivity contribution in [2.75, 3.05) is 38.2 Å². The third kappa shape index (κ3) is 4.86. The van der Waals surface area contributed by atoms with Crippen molar-refractivity contribution < 1.29 is 9.13 Å². The molecule has 1 N–H and O–H groups in total. The number of hydrogen-bond donors (Lipinski definition) is 1. The lowest BCUT2D eigenvalue weighted by Crippen LogP contribution is -2.42. The van der Waals surface area contributed by atoms with Crippen LogP contribution in [0.3, 0.4) is 0 Å². The Hall–Kier alpha value is -3.88. The molecular weight excluding hydrogens is 515 g/mol. The average molecular weight is 545 g/mol. The fourth-order valence-electron chi connectivity index (χ4n) is 5.46. The Balaban J connectivity index is 1.35. The first kappa shape index (κ1) is 25.4. The van der Waals surface area contributed by atoms with E-state index in [0.717, 1.165) is 87.9 Å². The Morgan fingerprint density at radius 3 is 2.62 bits per heavy atom. The number of nitrogens with one attached hydrogen (secondary N) is 1. The van der Waals surface area contributed by atoms with Crippen LogP contribution in [0.25, 0.3) is 33.3 Å². The number of aromatic nitrogens is 4. The minimum atomic E-state index is -0.244. The molecule has 5 aromatic rings. The predicted octanol–water partition coefficient (Wildman–Crippen LogP) is 6.18. The van der Waals surface area contributed by atoms with Crippen LogP contribution in [-0.4, -0.2) is 57.5 Å². The van der Waals surface area contributed by atoms with Crippen molar-refractivity contribution in [2.24, 2.45) is 0 Å². The number of anilines is 1. The van der Waals surface area contributed by atoms with E-state index in [2.05, 4.69) is 41.1 Å². The van der Waals surface area contributed by atoms with Crippen molar-refractivity contribution in [3.05, 3.63) is 83.7 Å². The van der Waals surface area contributed by atoms with Gasteiger partial charge in [0, 0.05) is 66.3 Å². The zero-order chi connectivity index (χ0) is 27.1. The molecule has 0 atom stereocenters. The van der Waals surface area contributed by atoms with Gasteiger partial charge in [0.15, 0.2) is 0 Å². The second kappa shape index (κ2) is 10.4. The highest BCUT2D eigenvalue weighted by molar-refractivity contribution is 6.13. The SMILES string of the molecule is COc1cc(-c2cnc3[nH]cc(-c4c(C)nn(Cc5cccc(F)c5)c4C)c3c2)ccc1N1CCN(Cl)CC1. The number of piperazine rings is 1. The summed E-state index contributed by atoms with van der Waals surface area (Å²) in [7, 11) is 1.71. The number of rotatable bonds is 6. The van der Waals surface area contributed by atoms with Crippen LogP contribution in [0.2, 0.25) is 0 Å². The molecule has 1 aliphatic heterocycles. The van der Waals surface area contributed by atoms with E-state index in [-0.39, 0.29) is 5.82 Å². The Bertz CT molecular complexity index is 1650. The quantitative estimate of drug-likeness (QED) is 0.259. The van der Waals surface area contributed by atoms with Gasteiger partial charge in [-0.2, -0.15) is 5.10 Å². The minimum Gasteiger partial charge on any atom is -0.495 e. The van der Waals surface area contributed by atoms with E-state index in [1.54, 1.807) is 19.2 Å². The molecule has 9 heteroatoms. The third-order valence-electron chi connectivity index (χ3n) is 7.48. The van der Waals surface area contributed by atoms with Crippen molar-refractivity contribution in [3.8, 4) is 28.0 Å². The van der Waals surface area contributed by atoms with Gasteiger partial charge < -0.3 is 14.6 Å². The van der Waals surface area contributed by atoms with Gasteiger partial charge in [-0.3, -0.25) is 4.68 Å².